The lowest BCUT2D eigenvalue weighted by molar-refractivity contribution is -0.133. The summed E-state index contributed by atoms with van der Waals surface area (Å²) in [6.07, 6.45) is -2.99. The number of anilines is 3. The highest BCUT2D eigenvalue weighted by Crippen LogP contribution is 2.31. The molecule has 3 N–H and O–H groups in total. The minimum Gasteiger partial charge on any atom is -0.463 e. The quantitative estimate of drug-likeness (QED) is 0.294. The van der Waals surface area contributed by atoms with Crippen molar-refractivity contribution in [2.24, 2.45) is 5.92 Å². The molecule has 0 bridgehead atoms. The van der Waals surface area contributed by atoms with E-state index in [0.717, 1.165) is 22.9 Å². The number of nitrogens with zero attached hydrogens (tertiary/aromatic N) is 5. The Morgan fingerprint density at radius 1 is 1.22 bits per heavy atom. The Kier molecular flexibility index (Phi) is 6.63. The van der Waals surface area contributed by atoms with E-state index in [0.29, 0.717) is 59.4 Å². The topological polar surface area (TPSA) is 121 Å². The molecule has 10 nitrogen and oxygen atoms in total. The Morgan fingerprint density at radius 3 is 2.73 bits per heavy atom. The van der Waals surface area contributed by atoms with Gasteiger partial charge in [0.15, 0.2) is 11.4 Å². The summed E-state index contributed by atoms with van der Waals surface area (Å²) in [4.78, 5) is 22.9. The molecular formula is C24H26F3N7O3. The number of hydrogen-bond donors (Lipinski definition) is 3. The van der Waals surface area contributed by atoms with Gasteiger partial charge in [-0.1, -0.05) is 0 Å². The first kappa shape index (κ1) is 24.8. The molecule has 0 aliphatic carbocycles. The molecule has 0 unspecified atom stereocenters. The Labute approximate surface area is 209 Å². The number of carbonyl (C=O) groups is 1. The van der Waals surface area contributed by atoms with Crippen LogP contribution < -0.4 is 15.5 Å². The van der Waals surface area contributed by atoms with Gasteiger partial charge in [-0.05, 0) is 50.4 Å². The zero-order chi connectivity index (χ0) is 26.2. The fourth-order valence-corrected chi connectivity index (χ4v) is 4.63. The van der Waals surface area contributed by atoms with Crippen LogP contribution in [0.1, 0.15) is 25.0 Å². The molecule has 4 heterocycles. The molecule has 0 spiro atoms. The molecule has 13 heteroatoms. The number of piperidine rings is 1. The second-order valence-corrected chi connectivity index (χ2v) is 9.14. The molecule has 3 aromatic heterocycles. The summed E-state index contributed by atoms with van der Waals surface area (Å²) in [7, 11) is 0. The first-order chi connectivity index (χ1) is 17.7. The highest BCUT2D eigenvalue weighted by molar-refractivity contribution is 5.92. The van der Waals surface area contributed by atoms with Gasteiger partial charge in [-0.2, -0.15) is 27.9 Å². The third kappa shape index (κ3) is 5.45. The van der Waals surface area contributed by atoms with Crippen molar-refractivity contribution in [2.75, 3.05) is 36.4 Å². The Hall–Kier alpha value is -3.87. The van der Waals surface area contributed by atoms with Crippen LogP contribution in [-0.4, -0.2) is 63.3 Å². The van der Waals surface area contributed by atoms with Gasteiger partial charge in [-0.25, -0.2) is 9.78 Å². The molecule has 5 rings (SSSR count). The summed E-state index contributed by atoms with van der Waals surface area (Å²) >= 11 is 0. The highest BCUT2D eigenvalue weighted by atomic mass is 19.4. The third-order valence-electron chi connectivity index (χ3n) is 6.52. The van der Waals surface area contributed by atoms with Gasteiger partial charge in [0.2, 0.25) is 5.95 Å². The van der Waals surface area contributed by atoms with Crippen LogP contribution in [0.4, 0.5) is 35.4 Å². The maximum atomic E-state index is 12.4. The fraction of sp³-hybridized carbons (Fsp3) is 0.417. The van der Waals surface area contributed by atoms with Crippen molar-refractivity contribution in [3.63, 3.8) is 0 Å². The number of carboxylic acid groups (broad SMARTS) is 1. The molecule has 37 heavy (non-hydrogen) atoms. The van der Waals surface area contributed by atoms with E-state index in [-0.39, 0.29) is 12.5 Å². The van der Waals surface area contributed by atoms with E-state index in [1.165, 1.54) is 0 Å². The van der Waals surface area contributed by atoms with Gasteiger partial charge in [-0.3, -0.25) is 0 Å². The lowest BCUT2D eigenvalue weighted by atomic mass is 9.96. The van der Waals surface area contributed by atoms with Gasteiger partial charge >= 0.3 is 12.3 Å². The van der Waals surface area contributed by atoms with Crippen LogP contribution in [0.25, 0.3) is 22.0 Å². The first-order valence-corrected chi connectivity index (χ1v) is 12.0. The number of furan rings is 1. The van der Waals surface area contributed by atoms with E-state index in [9.17, 15) is 23.1 Å². The average Bonchev–Trinajstić information content (AvgIpc) is 3.45. The number of aromatic nitrogens is 4. The molecule has 0 atom stereocenters. The summed E-state index contributed by atoms with van der Waals surface area (Å²) in [6.45, 7) is 3.59. The number of rotatable bonds is 7. The van der Waals surface area contributed by atoms with Crippen LogP contribution >= 0.6 is 0 Å². The number of hydrogen-bond acceptors (Lipinski definition) is 8. The van der Waals surface area contributed by atoms with Gasteiger partial charge < -0.3 is 25.1 Å². The highest BCUT2D eigenvalue weighted by Gasteiger charge is 2.27. The van der Waals surface area contributed by atoms with Gasteiger partial charge in [0.1, 0.15) is 5.52 Å². The molecule has 4 aromatic rings. The van der Waals surface area contributed by atoms with Crippen molar-refractivity contribution in [2.45, 2.75) is 32.4 Å². The van der Waals surface area contributed by atoms with Crippen LogP contribution in [0.3, 0.4) is 0 Å². The summed E-state index contributed by atoms with van der Waals surface area (Å²) in [5.41, 5.74) is 2.84. The van der Waals surface area contributed by atoms with Gasteiger partial charge in [0.25, 0.3) is 0 Å². The van der Waals surface area contributed by atoms with Crippen molar-refractivity contribution < 1.29 is 27.5 Å². The summed E-state index contributed by atoms with van der Waals surface area (Å²) in [5.74, 6) is 1.25. The molecule has 1 aliphatic heterocycles. The minimum atomic E-state index is -4.15. The van der Waals surface area contributed by atoms with Crippen molar-refractivity contribution >= 4 is 45.5 Å². The van der Waals surface area contributed by atoms with Gasteiger partial charge in [0.05, 0.1) is 23.9 Å². The van der Waals surface area contributed by atoms with Crippen LogP contribution in [0.15, 0.2) is 34.9 Å². The summed E-state index contributed by atoms with van der Waals surface area (Å²) in [5, 5.41) is 20.3. The average molecular weight is 518 g/mol. The van der Waals surface area contributed by atoms with Crippen molar-refractivity contribution in [1.82, 2.24) is 25.1 Å². The van der Waals surface area contributed by atoms with Crippen LogP contribution in [0, 0.1) is 12.8 Å². The van der Waals surface area contributed by atoms with Crippen LogP contribution in [-0.2, 0) is 0 Å². The second kappa shape index (κ2) is 9.88. The molecule has 1 fully saturated rings. The normalized spacial score (nSPS) is 15.1. The predicted molar refractivity (Wildman–Crippen MR) is 131 cm³/mol. The number of fused-ring (bicyclic) bond motifs is 2. The maximum absolute atomic E-state index is 12.4. The predicted octanol–water partition coefficient (Wildman–Crippen LogP) is 4.91. The number of halogens is 3. The minimum absolute atomic E-state index is 0.0731. The van der Waals surface area contributed by atoms with Gasteiger partial charge in [-0.15, -0.1) is 0 Å². The van der Waals surface area contributed by atoms with Crippen LogP contribution in [0.2, 0.25) is 0 Å². The SMILES string of the molecule is Cc1nn(C(=O)O)c2cc(Nc3nc(N4CCC(CNCCC(F)(F)F)CC4)c4occc4n3)ccc12. The maximum Gasteiger partial charge on any atom is 0.432 e. The monoisotopic (exact) mass is 517 g/mol. The number of alkyl halides is 3. The Bertz CT molecular complexity index is 1420. The van der Waals surface area contributed by atoms with E-state index < -0.39 is 18.7 Å². The molecule has 1 aromatic carbocycles. The zero-order valence-electron chi connectivity index (χ0n) is 20.0. The smallest absolute Gasteiger partial charge is 0.432 e. The van der Waals surface area contributed by atoms with Gasteiger partial charge in [0, 0.05) is 36.8 Å². The molecular weight excluding hydrogens is 491 g/mol. The first-order valence-electron chi connectivity index (χ1n) is 12.0. The number of aryl methyl sites for hydroxylation is 1. The molecule has 0 saturated carbocycles. The van der Waals surface area contributed by atoms with E-state index in [1.54, 1.807) is 31.4 Å². The Balaban J connectivity index is 1.31. The fourth-order valence-electron chi connectivity index (χ4n) is 4.63. The molecule has 0 amide bonds. The summed E-state index contributed by atoms with van der Waals surface area (Å²) in [6, 6.07) is 7.03. The zero-order valence-corrected chi connectivity index (χ0v) is 20.0. The van der Waals surface area contributed by atoms with E-state index in [2.05, 4.69) is 25.6 Å². The standard InChI is InChI=1S/C24H26F3N7O3/c1-14-17-3-2-16(12-19(17)34(32-14)23(35)36)29-22-30-18-6-11-37-20(18)21(31-22)33-9-4-15(5-10-33)13-28-8-7-24(25,26)27/h2-3,6,11-12,15,28H,4-5,7-10,13H2,1H3,(H,35,36)(H,29,30,31). The second-order valence-electron chi connectivity index (χ2n) is 9.14. The van der Waals surface area contributed by atoms with Crippen molar-refractivity contribution in [1.29, 1.82) is 0 Å². The van der Waals surface area contributed by atoms with Crippen molar-refractivity contribution in [3.05, 3.63) is 36.2 Å². The van der Waals surface area contributed by atoms with E-state index in [1.807, 2.05) is 6.07 Å². The lowest BCUT2D eigenvalue weighted by Gasteiger charge is -2.33. The van der Waals surface area contributed by atoms with Crippen LogP contribution in [0.5, 0.6) is 0 Å². The van der Waals surface area contributed by atoms with Crippen molar-refractivity contribution in [3.8, 4) is 0 Å². The molecule has 1 saturated heterocycles. The number of benzene rings is 1. The van der Waals surface area contributed by atoms with E-state index >= 15 is 0 Å². The Morgan fingerprint density at radius 2 is 2.00 bits per heavy atom. The lowest BCUT2D eigenvalue weighted by Crippen LogP contribution is -2.38. The molecule has 1 aliphatic rings. The molecule has 196 valence electrons. The molecule has 0 radical (unpaired) electrons. The largest absolute Gasteiger partial charge is 0.463 e. The van der Waals surface area contributed by atoms with E-state index in [4.69, 9.17) is 9.40 Å². The summed E-state index contributed by atoms with van der Waals surface area (Å²) < 4.78 is 43.6. The number of nitrogens with one attached hydrogen (secondary N) is 2. The third-order valence-corrected chi connectivity index (χ3v) is 6.52.